The smallest absolute Gasteiger partial charge is 0.534 e. The zero-order valence-electron chi connectivity index (χ0n) is 17.4. The normalized spacial score (nSPS) is 16.0. The van der Waals surface area contributed by atoms with Crippen molar-refractivity contribution in [2.24, 2.45) is 10.6 Å². The molecule has 0 saturated carbocycles. The fourth-order valence-electron chi connectivity index (χ4n) is 2.65. The van der Waals surface area contributed by atoms with Crippen molar-refractivity contribution < 1.29 is 42.0 Å². The molecule has 1 amide bonds. The monoisotopic (exact) mass is 456 g/mol. The van der Waals surface area contributed by atoms with Crippen LogP contribution in [0.4, 0.5) is 0 Å². The second kappa shape index (κ2) is 9.66. The molecule has 1 aromatic carbocycles. The molecule has 2 rings (SSSR count). The second-order valence-electron chi connectivity index (χ2n) is 8.03. The number of sulfonamides is 1. The van der Waals surface area contributed by atoms with Gasteiger partial charge in [-0.3, -0.25) is 9.59 Å². The van der Waals surface area contributed by atoms with Crippen LogP contribution in [0.15, 0.2) is 18.2 Å². The lowest BCUT2D eigenvalue weighted by Crippen LogP contribution is -2.53. The van der Waals surface area contributed by atoms with Crippen LogP contribution >= 0.6 is 0 Å². The number of ether oxygens (including phenoxy) is 2. The number of amides is 1. The van der Waals surface area contributed by atoms with Crippen molar-refractivity contribution in [1.82, 2.24) is 5.32 Å². The Balaban J connectivity index is 2.02. The van der Waals surface area contributed by atoms with Gasteiger partial charge in [0.15, 0.2) is 0 Å². The zero-order valence-corrected chi connectivity index (χ0v) is 18.2. The van der Waals surface area contributed by atoms with Gasteiger partial charge in [-0.15, -0.1) is 0 Å². The molecule has 0 fully saturated rings. The third kappa shape index (κ3) is 7.22. The Morgan fingerprint density at radius 1 is 1.29 bits per heavy atom. The van der Waals surface area contributed by atoms with E-state index in [2.05, 4.69) is 5.32 Å². The molecule has 0 saturated heterocycles. The van der Waals surface area contributed by atoms with Gasteiger partial charge >= 0.3 is 19.1 Å². The third-order valence-electron chi connectivity index (χ3n) is 4.29. The molecule has 1 heterocycles. The number of carbonyl (C=O) groups is 3. The van der Waals surface area contributed by atoms with Crippen LogP contribution in [0.3, 0.4) is 0 Å². The number of hydrogen-bond donors (Lipinski definition) is 3. The SMILES string of the molecule is CC(C)(C)C(=O)OCOC(=O)c1cccc2c1OB(O)[C@@H](NC(=O)CCS(N)(=O)=O)C2. The lowest BCUT2D eigenvalue weighted by molar-refractivity contribution is -0.161. The summed E-state index contributed by atoms with van der Waals surface area (Å²) in [6.07, 6.45) is -0.244. The molecule has 0 spiro atoms. The largest absolute Gasteiger partial charge is 0.547 e. The third-order valence-corrected chi connectivity index (χ3v) is 5.06. The maximum Gasteiger partial charge on any atom is 0.547 e. The van der Waals surface area contributed by atoms with E-state index < -0.39 is 58.9 Å². The summed E-state index contributed by atoms with van der Waals surface area (Å²) in [5.74, 6) is -3.29. The minimum atomic E-state index is -3.80. The molecule has 4 N–H and O–H groups in total. The van der Waals surface area contributed by atoms with Crippen molar-refractivity contribution in [2.45, 2.75) is 39.6 Å². The van der Waals surface area contributed by atoms with Gasteiger partial charge in [0.1, 0.15) is 11.3 Å². The highest BCUT2D eigenvalue weighted by Crippen LogP contribution is 2.30. The Morgan fingerprint density at radius 3 is 2.58 bits per heavy atom. The van der Waals surface area contributed by atoms with Gasteiger partial charge in [0, 0.05) is 6.42 Å². The van der Waals surface area contributed by atoms with Crippen molar-refractivity contribution in [2.75, 3.05) is 12.5 Å². The Hall–Kier alpha value is -2.64. The molecule has 0 unspecified atom stereocenters. The number of esters is 2. The highest BCUT2D eigenvalue weighted by atomic mass is 32.2. The van der Waals surface area contributed by atoms with Crippen molar-refractivity contribution >= 4 is 35.0 Å². The number of hydrogen-bond acceptors (Lipinski definition) is 9. The first-order valence-electron chi connectivity index (χ1n) is 9.39. The fourth-order valence-corrected chi connectivity index (χ4v) is 3.12. The van der Waals surface area contributed by atoms with E-state index in [1.807, 2.05) is 0 Å². The number of rotatable bonds is 7. The number of nitrogens with one attached hydrogen (secondary N) is 1. The molecule has 0 bridgehead atoms. The van der Waals surface area contributed by atoms with Gasteiger partial charge in [0.25, 0.3) is 0 Å². The molecule has 0 radical (unpaired) electrons. The first-order chi connectivity index (χ1) is 14.3. The first-order valence-corrected chi connectivity index (χ1v) is 11.1. The Bertz CT molecular complexity index is 959. The highest BCUT2D eigenvalue weighted by molar-refractivity contribution is 7.89. The molecule has 1 aromatic rings. The lowest BCUT2D eigenvalue weighted by Gasteiger charge is -2.29. The van der Waals surface area contributed by atoms with Gasteiger partial charge in [-0.05, 0) is 38.8 Å². The summed E-state index contributed by atoms with van der Waals surface area (Å²) in [4.78, 5) is 36.0. The van der Waals surface area contributed by atoms with Crippen LogP contribution in [0.1, 0.15) is 43.1 Å². The average Bonchev–Trinajstić information content (AvgIpc) is 2.65. The highest BCUT2D eigenvalue weighted by Gasteiger charge is 2.38. The maximum absolute atomic E-state index is 12.4. The summed E-state index contributed by atoms with van der Waals surface area (Å²) in [6, 6.07) is 4.63. The quantitative estimate of drug-likeness (QED) is 0.278. The van der Waals surface area contributed by atoms with E-state index in [4.69, 9.17) is 19.3 Å². The van der Waals surface area contributed by atoms with Crippen LogP contribution in [0.2, 0.25) is 0 Å². The number of carbonyl (C=O) groups excluding carboxylic acids is 3. The van der Waals surface area contributed by atoms with Crippen molar-refractivity contribution in [1.29, 1.82) is 0 Å². The van der Waals surface area contributed by atoms with Crippen LogP contribution in [0.5, 0.6) is 5.75 Å². The topological polar surface area (TPSA) is 171 Å². The van der Waals surface area contributed by atoms with Crippen LogP contribution in [-0.2, 0) is 35.5 Å². The number of benzene rings is 1. The van der Waals surface area contributed by atoms with Gasteiger partial charge in [-0.25, -0.2) is 18.4 Å². The number of primary sulfonamides is 1. The van der Waals surface area contributed by atoms with E-state index in [9.17, 15) is 27.8 Å². The predicted octanol–water partition coefficient (Wildman–Crippen LogP) is -0.492. The molecular formula is C18H25BN2O9S. The minimum absolute atomic E-state index is 0.0161. The van der Waals surface area contributed by atoms with Gasteiger partial charge in [-0.2, -0.15) is 0 Å². The molecule has 0 aliphatic carbocycles. The molecular weight excluding hydrogens is 431 g/mol. The molecule has 170 valence electrons. The summed E-state index contributed by atoms with van der Waals surface area (Å²) in [5, 5.41) is 17.6. The van der Waals surface area contributed by atoms with Gasteiger partial charge in [0.05, 0.1) is 17.1 Å². The fraction of sp³-hybridized carbons (Fsp3) is 0.500. The molecule has 1 aliphatic rings. The zero-order chi connectivity index (χ0) is 23.4. The molecule has 13 heteroatoms. The van der Waals surface area contributed by atoms with Gasteiger partial charge in [0.2, 0.25) is 22.7 Å². The summed E-state index contributed by atoms with van der Waals surface area (Å²) in [5.41, 5.74) is -0.218. The number of para-hydroxylation sites is 1. The number of nitrogens with two attached hydrogens (primary N) is 1. The molecule has 1 atom stereocenters. The van der Waals surface area contributed by atoms with Crippen LogP contribution < -0.4 is 15.1 Å². The maximum atomic E-state index is 12.4. The standard InChI is InChI=1S/C18H25BN2O9S/c1-18(2,3)17(24)29-10-28-16(23)12-6-4-5-11-9-13(19(25)30-15(11)12)21-14(22)7-8-31(20,26)27/h4-6,13,25H,7-10H2,1-3H3,(H,21,22)(H2,20,26,27)/t13-/m0/s1. The summed E-state index contributed by atoms with van der Waals surface area (Å²) < 4.78 is 37.2. The van der Waals surface area contributed by atoms with E-state index >= 15 is 0 Å². The Labute approximate surface area is 180 Å². The Kier molecular flexibility index (Phi) is 7.68. The summed E-state index contributed by atoms with van der Waals surface area (Å²) in [7, 11) is -5.28. The van der Waals surface area contributed by atoms with Crippen LogP contribution in [0.25, 0.3) is 0 Å². The Morgan fingerprint density at radius 2 is 1.97 bits per heavy atom. The summed E-state index contributed by atoms with van der Waals surface area (Å²) >= 11 is 0. The second-order valence-corrected chi connectivity index (χ2v) is 9.76. The summed E-state index contributed by atoms with van der Waals surface area (Å²) in [6.45, 7) is 4.39. The molecule has 1 aliphatic heterocycles. The number of fused-ring (bicyclic) bond motifs is 1. The minimum Gasteiger partial charge on any atom is -0.534 e. The van der Waals surface area contributed by atoms with Gasteiger partial charge < -0.3 is 24.5 Å². The first kappa shape index (κ1) is 24.6. The lowest BCUT2D eigenvalue weighted by atomic mass is 9.72. The molecule has 11 nitrogen and oxygen atoms in total. The van der Waals surface area contributed by atoms with E-state index in [1.165, 1.54) is 6.07 Å². The van der Waals surface area contributed by atoms with Gasteiger partial charge in [-0.1, -0.05) is 12.1 Å². The van der Waals surface area contributed by atoms with E-state index in [1.54, 1.807) is 32.9 Å². The van der Waals surface area contributed by atoms with Crippen molar-refractivity contribution in [3.63, 3.8) is 0 Å². The molecule has 0 aromatic heterocycles. The van der Waals surface area contributed by atoms with Crippen LogP contribution in [0, 0.1) is 5.41 Å². The van der Waals surface area contributed by atoms with Crippen molar-refractivity contribution in [3.05, 3.63) is 29.3 Å². The van der Waals surface area contributed by atoms with Crippen molar-refractivity contribution in [3.8, 4) is 5.75 Å². The van der Waals surface area contributed by atoms with E-state index in [-0.39, 0.29) is 24.2 Å². The predicted molar refractivity (Wildman–Crippen MR) is 109 cm³/mol. The van der Waals surface area contributed by atoms with Crippen LogP contribution in [-0.4, -0.2) is 56.9 Å². The van der Waals surface area contributed by atoms with E-state index in [0.29, 0.717) is 5.56 Å². The van der Waals surface area contributed by atoms with E-state index in [0.717, 1.165) is 0 Å². The molecule has 31 heavy (non-hydrogen) atoms. The average molecular weight is 456 g/mol.